The van der Waals surface area contributed by atoms with Crippen LogP contribution in [-0.2, 0) is 9.59 Å². The lowest BCUT2D eigenvalue weighted by molar-refractivity contribution is -0.120. The number of ether oxygens (including phenoxy) is 2. The SMILES string of the molecule is O=C1CC[C@H](CN[C@@H]2COc3nc(-c4cccc(-c5cccc(-c6ccc7c(n6)OC[C@H]7NC[C@H]6CCC(=O)N6)c5Cl)c4Cl)ccc32)N1. The Labute approximate surface area is 287 Å². The van der Waals surface area contributed by atoms with Crippen molar-refractivity contribution in [2.45, 2.75) is 49.9 Å². The molecule has 2 amide bonds. The van der Waals surface area contributed by atoms with E-state index >= 15 is 0 Å². The normalized spacial score (nSPS) is 22.5. The van der Waals surface area contributed by atoms with E-state index in [1.54, 1.807) is 0 Å². The summed E-state index contributed by atoms with van der Waals surface area (Å²) in [7, 11) is 0. The highest BCUT2D eigenvalue weighted by atomic mass is 35.5. The number of benzene rings is 2. The van der Waals surface area contributed by atoms with Gasteiger partial charge in [-0.1, -0.05) is 59.6 Å². The van der Waals surface area contributed by atoms with Crippen LogP contribution in [0.4, 0.5) is 0 Å². The molecule has 4 aliphatic rings. The van der Waals surface area contributed by atoms with Crippen LogP contribution in [0.1, 0.15) is 48.9 Å². The van der Waals surface area contributed by atoms with Crippen molar-refractivity contribution in [1.82, 2.24) is 31.2 Å². The van der Waals surface area contributed by atoms with Crippen LogP contribution in [0.15, 0.2) is 60.7 Å². The number of nitrogens with one attached hydrogen (secondary N) is 4. The summed E-state index contributed by atoms with van der Waals surface area (Å²) in [6, 6.07) is 19.9. The summed E-state index contributed by atoms with van der Waals surface area (Å²) in [4.78, 5) is 32.8. The van der Waals surface area contributed by atoms with Crippen LogP contribution >= 0.6 is 23.2 Å². The summed E-state index contributed by atoms with van der Waals surface area (Å²) < 4.78 is 11.9. The van der Waals surface area contributed by atoms with Gasteiger partial charge in [0, 0.05) is 71.4 Å². The van der Waals surface area contributed by atoms with Gasteiger partial charge >= 0.3 is 0 Å². The van der Waals surface area contributed by atoms with Gasteiger partial charge in [-0.3, -0.25) is 9.59 Å². The molecule has 4 aliphatic heterocycles. The fourth-order valence-electron chi connectivity index (χ4n) is 6.91. The van der Waals surface area contributed by atoms with Crippen molar-refractivity contribution >= 4 is 35.0 Å². The third-order valence-electron chi connectivity index (χ3n) is 9.53. The highest BCUT2D eigenvalue weighted by Gasteiger charge is 2.30. The predicted octanol–water partition coefficient (Wildman–Crippen LogP) is 5.39. The van der Waals surface area contributed by atoms with E-state index in [-0.39, 0.29) is 36.0 Å². The number of amides is 2. The molecule has 12 heteroatoms. The van der Waals surface area contributed by atoms with Crippen molar-refractivity contribution in [3.8, 4) is 45.4 Å². The Balaban J connectivity index is 1.01. The summed E-state index contributed by atoms with van der Waals surface area (Å²) in [6.07, 6.45) is 2.83. The molecule has 0 aliphatic carbocycles. The zero-order valence-corrected chi connectivity index (χ0v) is 27.5. The second-order valence-electron chi connectivity index (χ2n) is 12.7. The lowest BCUT2D eigenvalue weighted by atomic mass is 9.97. The van der Waals surface area contributed by atoms with Crippen LogP contribution in [0.2, 0.25) is 10.0 Å². The highest BCUT2D eigenvalue weighted by Crippen LogP contribution is 2.43. The van der Waals surface area contributed by atoms with E-state index in [1.807, 2.05) is 60.7 Å². The molecule has 4 aromatic rings. The minimum atomic E-state index is 0.00366. The molecule has 10 nitrogen and oxygen atoms in total. The van der Waals surface area contributed by atoms with Gasteiger partial charge in [0.25, 0.3) is 0 Å². The largest absolute Gasteiger partial charge is 0.475 e. The standard InChI is InChI=1S/C36H34Cl2N6O4/c37-33-21(3-1-5-23(33)27-11-9-25-29(17-47-35(25)43-27)39-15-19-7-13-31(45)41-19)22-4-2-6-24(34(22)38)28-12-10-26-30(18-48-36(26)44-28)40-16-20-8-14-32(46)42-20/h1-6,9-12,19-20,29-30,39-40H,7-8,13-18H2,(H,41,45)(H,42,46)/t19-,20-,29-,30-/m1/s1. The number of hydrogen-bond donors (Lipinski definition) is 4. The fourth-order valence-corrected chi connectivity index (χ4v) is 7.56. The molecule has 6 heterocycles. The molecule has 0 unspecified atom stereocenters. The molecular weight excluding hydrogens is 651 g/mol. The van der Waals surface area contributed by atoms with Crippen LogP contribution < -0.4 is 30.7 Å². The molecule has 2 aromatic carbocycles. The Hall–Kier alpha value is -4.22. The number of aromatic nitrogens is 2. The van der Waals surface area contributed by atoms with Gasteiger partial charge in [0.1, 0.15) is 13.2 Å². The quantitative estimate of drug-likeness (QED) is 0.185. The Bertz CT molecular complexity index is 1780. The molecule has 0 spiro atoms. The third kappa shape index (κ3) is 5.98. The average molecular weight is 686 g/mol. The van der Waals surface area contributed by atoms with Gasteiger partial charge in [-0.2, -0.15) is 0 Å². The Kier molecular flexibility index (Phi) is 8.42. The number of fused-ring (bicyclic) bond motifs is 2. The number of nitrogens with zero attached hydrogens (tertiary/aromatic N) is 2. The van der Waals surface area contributed by atoms with Crippen LogP contribution in [-0.4, -0.2) is 60.2 Å². The van der Waals surface area contributed by atoms with Crippen LogP contribution in [0.25, 0.3) is 33.6 Å². The van der Waals surface area contributed by atoms with Crippen molar-refractivity contribution in [3.63, 3.8) is 0 Å². The first kappa shape index (κ1) is 31.1. The van der Waals surface area contributed by atoms with E-state index in [1.165, 1.54) is 0 Å². The maximum atomic E-state index is 11.6. The second-order valence-corrected chi connectivity index (χ2v) is 13.4. The van der Waals surface area contributed by atoms with Crippen molar-refractivity contribution in [3.05, 3.63) is 81.8 Å². The third-order valence-corrected chi connectivity index (χ3v) is 10.3. The van der Waals surface area contributed by atoms with Gasteiger partial charge in [0.05, 0.1) is 33.5 Å². The van der Waals surface area contributed by atoms with Crippen LogP contribution in [0, 0.1) is 0 Å². The zero-order valence-electron chi connectivity index (χ0n) is 26.0. The van der Waals surface area contributed by atoms with E-state index < -0.39 is 0 Å². The molecule has 0 radical (unpaired) electrons. The van der Waals surface area contributed by atoms with Gasteiger partial charge in [-0.25, -0.2) is 9.97 Å². The zero-order chi connectivity index (χ0) is 32.8. The maximum absolute atomic E-state index is 11.6. The van der Waals surface area contributed by atoms with Gasteiger partial charge in [0.2, 0.25) is 23.6 Å². The minimum Gasteiger partial charge on any atom is -0.475 e. The first-order valence-corrected chi connectivity index (χ1v) is 17.1. The van der Waals surface area contributed by atoms with Crippen LogP contribution in [0.5, 0.6) is 11.8 Å². The topological polar surface area (TPSA) is 126 Å². The van der Waals surface area contributed by atoms with Crippen molar-refractivity contribution in [2.24, 2.45) is 0 Å². The lowest BCUT2D eigenvalue weighted by Gasteiger charge is -2.16. The van der Waals surface area contributed by atoms with Gasteiger partial charge < -0.3 is 30.7 Å². The molecule has 8 rings (SSSR count). The van der Waals surface area contributed by atoms with Crippen molar-refractivity contribution in [1.29, 1.82) is 0 Å². The van der Waals surface area contributed by atoms with Gasteiger partial charge in [0.15, 0.2) is 0 Å². The van der Waals surface area contributed by atoms with E-state index in [0.717, 1.165) is 46.2 Å². The number of pyridine rings is 2. The van der Waals surface area contributed by atoms with Crippen molar-refractivity contribution in [2.75, 3.05) is 26.3 Å². The fraction of sp³-hybridized carbons (Fsp3) is 0.333. The summed E-state index contributed by atoms with van der Waals surface area (Å²) in [5, 5.41) is 14.1. The molecule has 4 N–H and O–H groups in total. The Morgan fingerprint density at radius 1 is 0.646 bits per heavy atom. The highest BCUT2D eigenvalue weighted by molar-refractivity contribution is 6.39. The first-order chi connectivity index (χ1) is 23.4. The minimum absolute atomic E-state index is 0.00366. The molecule has 0 bridgehead atoms. The van der Waals surface area contributed by atoms with Gasteiger partial charge in [-0.15, -0.1) is 0 Å². The van der Waals surface area contributed by atoms with Gasteiger partial charge in [-0.05, 0) is 37.1 Å². The summed E-state index contributed by atoms with van der Waals surface area (Å²) in [6.45, 7) is 2.31. The molecule has 0 saturated carbocycles. The lowest BCUT2D eigenvalue weighted by Crippen LogP contribution is -2.37. The number of carbonyl (C=O) groups is 2. The molecule has 2 saturated heterocycles. The number of rotatable bonds is 9. The van der Waals surface area contributed by atoms with E-state index in [9.17, 15) is 9.59 Å². The molecule has 246 valence electrons. The molecule has 2 fully saturated rings. The van der Waals surface area contributed by atoms with Crippen LogP contribution in [0.3, 0.4) is 0 Å². The van der Waals surface area contributed by atoms with Crippen molar-refractivity contribution < 1.29 is 19.1 Å². The molecule has 48 heavy (non-hydrogen) atoms. The maximum Gasteiger partial charge on any atom is 0.220 e. The number of carbonyl (C=O) groups excluding carboxylic acids is 2. The second kappa shape index (κ2) is 13.0. The monoisotopic (exact) mass is 684 g/mol. The summed E-state index contributed by atoms with van der Waals surface area (Å²) >= 11 is 14.2. The summed E-state index contributed by atoms with van der Waals surface area (Å²) in [5.74, 6) is 1.37. The number of halogens is 2. The number of hydrogen-bond acceptors (Lipinski definition) is 8. The predicted molar refractivity (Wildman–Crippen MR) is 183 cm³/mol. The average Bonchev–Trinajstić information content (AvgIpc) is 3.90. The molecule has 2 aromatic heterocycles. The molecular formula is C36H34Cl2N6O4. The molecule has 4 atom stereocenters. The first-order valence-electron chi connectivity index (χ1n) is 16.3. The van der Waals surface area contributed by atoms with E-state index in [0.29, 0.717) is 72.3 Å². The summed E-state index contributed by atoms with van der Waals surface area (Å²) in [5.41, 5.74) is 6.48. The Morgan fingerprint density at radius 2 is 1.08 bits per heavy atom. The van der Waals surface area contributed by atoms with E-state index in [2.05, 4.69) is 21.3 Å². The Morgan fingerprint density at radius 3 is 1.50 bits per heavy atom. The van der Waals surface area contributed by atoms with E-state index in [4.69, 9.17) is 42.6 Å². The smallest absolute Gasteiger partial charge is 0.220 e.